The number of para-hydroxylation sites is 1. The minimum Gasteiger partial charge on any atom is -0.496 e. The van der Waals surface area contributed by atoms with E-state index < -0.39 is 11.6 Å². The second-order valence-electron chi connectivity index (χ2n) is 5.37. The van der Waals surface area contributed by atoms with Crippen LogP contribution in [0.1, 0.15) is 11.1 Å². The zero-order chi connectivity index (χ0) is 17.1. The van der Waals surface area contributed by atoms with Crippen molar-refractivity contribution in [2.24, 2.45) is 0 Å². The molecule has 1 aromatic heterocycles. The Morgan fingerprint density at radius 2 is 1.92 bits per heavy atom. The van der Waals surface area contributed by atoms with Crippen LogP contribution in [-0.2, 0) is 11.2 Å². The lowest BCUT2D eigenvalue weighted by molar-refractivity contribution is -0.133. The van der Waals surface area contributed by atoms with Crippen LogP contribution in [0.5, 0.6) is 11.5 Å². The predicted molar refractivity (Wildman–Crippen MR) is 89.6 cm³/mol. The third-order valence-corrected chi connectivity index (χ3v) is 3.68. The average molecular weight is 324 g/mol. The van der Waals surface area contributed by atoms with Gasteiger partial charge in [0.25, 0.3) is 0 Å². The van der Waals surface area contributed by atoms with Gasteiger partial charge in [0.2, 0.25) is 0 Å². The first-order chi connectivity index (χ1) is 11.6. The molecule has 122 valence electrons. The van der Waals surface area contributed by atoms with Crippen molar-refractivity contribution >= 4 is 16.9 Å². The molecule has 0 radical (unpaired) electrons. The Balaban J connectivity index is 1.82. The van der Waals surface area contributed by atoms with Crippen molar-refractivity contribution in [3.05, 3.63) is 70.1 Å². The highest BCUT2D eigenvalue weighted by atomic mass is 16.5. The first kappa shape index (κ1) is 15.8. The number of carbonyl (C=O) groups excluding carboxylic acids is 1. The number of hydrogen-bond acceptors (Lipinski definition) is 5. The number of ether oxygens (including phenoxy) is 2. The van der Waals surface area contributed by atoms with Crippen molar-refractivity contribution in [1.82, 2.24) is 0 Å². The quantitative estimate of drug-likeness (QED) is 0.419. The molecule has 24 heavy (non-hydrogen) atoms. The lowest BCUT2D eigenvalue weighted by atomic mass is 10.1. The molecule has 0 bridgehead atoms. The Morgan fingerprint density at radius 3 is 2.71 bits per heavy atom. The molecule has 0 aliphatic rings. The minimum atomic E-state index is -0.433. The predicted octanol–water partition coefficient (Wildman–Crippen LogP) is 3.26. The van der Waals surface area contributed by atoms with E-state index in [1.165, 1.54) is 6.07 Å². The van der Waals surface area contributed by atoms with Crippen molar-refractivity contribution < 1.29 is 18.7 Å². The fourth-order valence-corrected chi connectivity index (χ4v) is 2.54. The number of esters is 1. The molecule has 0 atom stereocenters. The van der Waals surface area contributed by atoms with Gasteiger partial charge in [-0.2, -0.15) is 0 Å². The Bertz CT molecular complexity index is 955. The molecule has 2 aromatic carbocycles. The van der Waals surface area contributed by atoms with Gasteiger partial charge < -0.3 is 13.9 Å². The van der Waals surface area contributed by atoms with Crippen molar-refractivity contribution in [2.45, 2.75) is 13.3 Å². The maximum atomic E-state index is 12.1. The maximum absolute atomic E-state index is 12.1. The normalized spacial score (nSPS) is 10.6. The number of aryl methyl sites for hydroxylation is 1. The molecule has 5 nitrogen and oxygen atoms in total. The van der Waals surface area contributed by atoms with E-state index in [-0.39, 0.29) is 6.42 Å². The Labute approximate surface area is 138 Å². The van der Waals surface area contributed by atoms with E-state index in [9.17, 15) is 9.59 Å². The fraction of sp³-hybridized carbons (Fsp3) is 0.158. The largest absolute Gasteiger partial charge is 0.496 e. The van der Waals surface area contributed by atoms with Crippen LogP contribution in [0, 0.1) is 6.92 Å². The summed E-state index contributed by atoms with van der Waals surface area (Å²) in [5, 5.41) is 0.805. The molecule has 0 N–H and O–H groups in total. The van der Waals surface area contributed by atoms with Gasteiger partial charge in [-0.3, -0.25) is 4.79 Å². The van der Waals surface area contributed by atoms with Crippen LogP contribution in [0.15, 0.2) is 57.7 Å². The van der Waals surface area contributed by atoms with Crippen LogP contribution in [0.4, 0.5) is 0 Å². The summed E-state index contributed by atoms with van der Waals surface area (Å²) in [6, 6.07) is 13.7. The van der Waals surface area contributed by atoms with Crippen LogP contribution < -0.4 is 15.1 Å². The van der Waals surface area contributed by atoms with Gasteiger partial charge >= 0.3 is 11.6 Å². The van der Waals surface area contributed by atoms with Gasteiger partial charge in [-0.1, -0.05) is 18.2 Å². The van der Waals surface area contributed by atoms with Crippen LogP contribution >= 0.6 is 0 Å². The zero-order valence-corrected chi connectivity index (χ0v) is 13.4. The monoisotopic (exact) mass is 324 g/mol. The number of fused-ring (bicyclic) bond motifs is 1. The molecule has 0 aliphatic carbocycles. The fourth-order valence-electron chi connectivity index (χ4n) is 2.54. The minimum absolute atomic E-state index is 0.0832. The molecule has 0 amide bonds. The van der Waals surface area contributed by atoms with E-state index in [1.807, 2.05) is 25.1 Å². The van der Waals surface area contributed by atoms with Crippen LogP contribution in [0.3, 0.4) is 0 Å². The van der Waals surface area contributed by atoms with E-state index in [0.29, 0.717) is 17.1 Å². The standard InChI is InChI=1S/C19H16O5/c1-12-9-18(20)24-17-11-14(7-8-15(12)17)23-19(21)10-13-5-3-4-6-16(13)22-2/h3-9,11H,10H2,1-2H3. The van der Waals surface area contributed by atoms with Crippen LogP contribution in [-0.4, -0.2) is 13.1 Å². The summed E-state index contributed by atoms with van der Waals surface area (Å²) in [6.07, 6.45) is 0.0832. The zero-order valence-electron chi connectivity index (χ0n) is 13.4. The van der Waals surface area contributed by atoms with Gasteiger partial charge in [-0.15, -0.1) is 0 Å². The summed E-state index contributed by atoms with van der Waals surface area (Å²) >= 11 is 0. The van der Waals surface area contributed by atoms with Gasteiger partial charge in [0.1, 0.15) is 17.1 Å². The smallest absolute Gasteiger partial charge is 0.336 e. The SMILES string of the molecule is COc1ccccc1CC(=O)Oc1ccc2c(C)cc(=O)oc2c1. The molecular weight excluding hydrogens is 308 g/mol. The Morgan fingerprint density at radius 1 is 1.12 bits per heavy atom. The highest BCUT2D eigenvalue weighted by Gasteiger charge is 2.11. The number of rotatable bonds is 4. The average Bonchev–Trinajstić information content (AvgIpc) is 2.54. The van der Waals surface area contributed by atoms with E-state index in [0.717, 1.165) is 16.5 Å². The Hall–Kier alpha value is -3.08. The molecule has 3 rings (SSSR count). The van der Waals surface area contributed by atoms with E-state index in [2.05, 4.69) is 0 Å². The van der Waals surface area contributed by atoms with E-state index in [4.69, 9.17) is 13.9 Å². The lowest BCUT2D eigenvalue weighted by Gasteiger charge is -2.09. The molecule has 0 unspecified atom stereocenters. The van der Waals surface area contributed by atoms with Gasteiger partial charge in [0, 0.05) is 23.1 Å². The van der Waals surface area contributed by atoms with E-state index >= 15 is 0 Å². The molecule has 5 heteroatoms. The number of hydrogen-bond donors (Lipinski definition) is 0. The molecule has 0 spiro atoms. The summed E-state index contributed by atoms with van der Waals surface area (Å²) in [5.74, 6) is 0.541. The van der Waals surface area contributed by atoms with Crippen LogP contribution in [0.25, 0.3) is 11.0 Å². The van der Waals surface area contributed by atoms with Gasteiger partial charge in [0.05, 0.1) is 13.5 Å². The number of carbonyl (C=O) groups is 1. The summed E-state index contributed by atoms with van der Waals surface area (Å²) < 4.78 is 15.7. The molecule has 0 aliphatic heterocycles. The van der Waals surface area contributed by atoms with Crippen molar-refractivity contribution in [1.29, 1.82) is 0 Å². The molecule has 0 saturated heterocycles. The number of benzene rings is 2. The lowest BCUT2D eigenvalue weighted by Crippen LogP contribution is -2.12. The third kappa shape index (κ3) is 3.30. The number of methoxy groups -OCH3 is 1. The molecule has 1 heterocycles. The first-order valence-corrected chi connectivity index (χ1v) is 7.44. The van der Waals surface area contributed by atoms with Gasteiger partial charge in [0.15, 0.2) is 0 Å². The summed E-state index contributed by atoms with van der Waals surface area (Å²) in [4.78, 5) is 23.6. The van der Waals surface area contributed by atoms with Gasteiger partial charge in [-0.25, -0.2) is 4.79 Å². The second-order valence-corrected chi connectivity index (χ2v) is 5.37. The topological polar surface area (TPSA) is 65.7 Å². The van der Waals surface area contributed by atoms with Crippen LogP contribution in [0.2, 0.25) is 0 Å². The third-order valence-electron chi connectivity index (χ3n) is 3.68. The first-order valence-electron chi connectivity index (χ1n) is 7.44. The van der Waals surface area contributed by atoms with E-state index in [1.54, 1.807) is 31.4 Å². The molecule has 0 fully saturated rings. The van der Waals surface area contributed by atoms with Crippen molar-refractivity contribution in [2.75, 3.05) is 7.11 Å². The highest BCUT2D eigenvalue weighted by molar-refractivity contribution is 5.83. The summed E-state index contributed by atoms with van der Waals surface area (Å²) in [7, 11) is 1.55. The van der Waals surface area contributed by atoms with Crippen molar-refractivity contribution in [3.8, 4) is 11.5 Å². The Kier molecular flexibility index (Phi) is 4.33. The molecule has 0 saturated carbocycles. The summed E-state index contributed by atoms with van der Waals surface area (Å²) in [6.45, 7) is 1.83. The van der Waals surface area contributed by atoms with Crippen molar-refractivity contribution in [3.63, 3.8) is 0 Å². The maximum Gasteiger partial charge on any atom is 0.336 e. The molecular formula is C19H16O5. The molecule has 3 aromatic rings. The second kappa shape index (κ2) is 6.58. The highest BCUT2D eigenvalue weighted by Crippen LogP contribution is 2.23. The summed E-state index contributed by atoms with van der Waals surface area (Å²) in [5.41, 5.74) is 1.52. The van der Waals surface area contributed by atoms with Gasteiger partial charge in [-0.05, 0) is 30.7 Å².